The van der Waals surface area contributed by atoms with E-state index in [9.17, 15) is 19.2 Å². The summed E-state index contributed by atoms with van der Waals surface area (Å²) in [6.45, 7) is 2.20. The van der Waals surface area contributed by atoms with Crippen LogP contribution < -0.4 is 16.0 Å². The van der Waals surface area contributed by atoms with Crippen molar-refractivity contribution in [2.24, 2.45) is 5.92 Å². The van der Waals surface area contributed by atoms with Crippen molar-refractivity contribution in [3.63, 3.8) is 0 Å². The highest BCUT2D eigenvalue weighted by Crippen LogP contribution is 2.30. The number of piperidine rings is 1. The van der Waals surface area contributed by atoms with Crippen LogP contribution in [-0.2, 0) is 22.6 Å². The van der Waals surface area contributed by atoms with Gasteiger partial charge in [0.05, 0.1) is 11.1 Å². The minimum absolute atomic E-state index is 0.107. The highest BCUT2D eigenvalue weighted by molar-refractivity contribution is 6.24. The van der Waals surface area contributed by atoms with E-state index < -0.39 is 23.8 Å². The normalized spacial score (nSPS) is 24.8. The van der Waals surface area contributed by atoms with Crippen LogP contribution in [0.1, 0.15) is 44.7 Å². The summed E-state index contributed by atoms with van der Waals surface area (Å²) in [5.74, 6) is -1.50. The van der Waals surface area contributed by atoms with Crippen LogP contribution in [0.3, 0.4) is 0 Å². The number of carbonyl (C=O) groups excluding carboxylic acids is 4. The number of amides is 4. The molecule has 3 N–H and O–H groups in total. The molecule has 4 amide bonds. The van der Waals surface area contributed by atoms with Gasteiger partial charge in [-0.2, -0.15) is 0 Å². The smallest absolute Gasteiger partial charge is 0.262 e. The number of carbonyl (C=O) groups is 4. The van der Waals surface area contributed by atoms with Crippen molar-refractivity contribution >= 4 is 23.6 Å². The maximum atomic E-state index is 13.3. The minimum atomic E-state index is -0.954. The molecule has 0 aromatic heterocycles. The van der Waals surface area contributed by atoms with E-state index in [2.05, 4.69) is 28.1 Å². The molecule has 2 fully saturated rings. The maximum absolute atomic E-state index is 13.3. The fraction of sp³-hybridized carbons (Fsp3) is 0.360. The molecule has 170 valence electrons. The predicted molar refractivity (Wildman–Crippen MR) is 120 cm³/mol. The summed E-state index contributed by atoms with van der Waals surface area (Å²) in [5, 5.41) is 9.25. The molecule has 5 rings (SSSR count). The Hall–Kier alpha value is -3.36. The third-order valence-electron chi connectivity index (χ3n) is 6.79. The second kappa shape index (κ2) is 8.88. The van der Waals surface area contributed by atoms with Crippen LogP contribution in [0.2, 0.25) is 0 Å². The lowest BCUT2D eigenvalue weighted by Crippen LogP contribution is -2.54. The average Bonchev–Trinajstić information content (AvgIpc) is 3.36. The van der Waals surface area contributed by atoms with Gasteiger partial charge in [0.25, 0.3) is 11.8 Å². The Labute approximate surface area is 191 Å². The van der Waals surface area contributed by atoms with Crippen molar-refractivity contribution in [3.05, 3.63) is 70.8 Å². The van der Waals surface area contributed by atoms with Gasteiger partial charge in [-0.1, -0.05) is 42.5 Å². The number of hydrogen-bond donors (Lipinski definition) is 3. The lowest BCUT2D eigenvalue weighted by molar-refractivity contribution is -0.136. The molecule has 2 saturated heterocycles. The molecule has 33 heavy (non-hydrogen) atoms. The first-order valence-corrected chi connectivity index (χ1v) is 11.3. The average molecular weight is 447 g/mol. The molecule has 8 heteroatoms. The molecular formula is C25H26N4O4. The molecule has 3 aliphatic rings. The second-order valence-electron chi connectivity index (χ2n) is 8.88. The summed E-state index contributed by atoms with van der Waals surface area (Å²) in [6, 6.07) is 14.9. The first-order valence-electron chi connectivity index (χ1n) is 11.3. The number of rotatable bonds is 6. The summed E-state index contributed by atoms with van der Waals surface area (Å²) in [4.78, 5) is 51.1. The Balaban J connectivity index is 1.31. The highest BCUT2D eigenvalue weighted by Gasteiger charge is 2.45. The molecule has 3 atom stereocenters. The lowest BCUT2D eigenvalue weighted by atomic mass is 9.94. The molecule has 1 unspecified atom stereocenters. The van der Waals surface area contributed by atoms with E-state index in [-0.39, 0.29) is 24.8 Å². The Morgan fingerprint density at radius 1 is 0.939 bits per heavy atom. The summed E-state index contributed by atoms with van der Waals surface area (Å²) in [6.07, 6.45) is 1.22. The van der Waals surface area contributed by atoms with E-state index in [1.165, 1.54) is 5.56 Å². The quantitative estimate of drug-likeness (QED) is 0.572. The third kappa shape index (κ3) is 4.07. The molecule has 0 bridgehead atoms. The molecule has 0 radical (unpaired) electrons. The summed E-state index contributed by atoms with van der Waals surface area (Å²) < 4.78 is 0. The predicted octanol–water partition coefficient (Wildman–Crippen LogP) is 1.01. The van der Waals surface area contributed by atoms with E-state index in [0.29, 0.717) is 23.6 Å². The van der Waals surface area contributed by atoms with E-state index in [4.69, 9.17) is 0 Å². The summed E-state index contributed by atoms with van der Waals surface area (Å²) in [5.41, 5.74) is 2.70. The van der Waals surface area contributed by atoms with Crippen LogP contribution in [0.25, 0.3) is 0 Å². The number of nitrogens with one attached hydrogen (secondary N) is 3. The molecule has 3 aliphatic heterocycles. The Bertz CT molecular complexity index is 1120. The van der Waals surface area contributed by atoms with E-state index in [1.807, 2.05) is 24.3 Å². The van der Waals surface area contributed by atoms with Crippen LogP contribution in [0.15, 0.2) is 48.5 Å². The second-order valence-corrected chi connectivity index (χ2v) is 8.88. The molecule has 8 nitrogen and oxygen atoms in total. The van der Waals surface area contributed by atoms with Gasteiger partial charge in [0, 0.05) is 25.6 Å². The van der Waals surface area contributed by atoms with Gasteiger partial charge in [-0.25, -0.2) is 0 Å². The van der Waals surface area contributed by atoms with E-state index >= 15 is 0 Å². The summed E-state index contributed by atoms with van der Waals surface area (Å²) in [7, 11) is 0. The molecular weight excluding hydrogens is 420 g/mol. The third-order valence-corrected chi connectivity index (χ3v) is 6.79. The fourth-order valence-electron chi connectivity index (χ4n) is 5.08. The SMILES string of the molecule is O=C1CCC(N2C(=O)c3cccc(CN[C@@H]4CNC[C@@H]4Cc4ccccc4)c3C2=O)C(=O)N1. The van der Waals surface area contributed by atoms with Crippen LogP contribution in [0.5, 0.6) is 0 Å². The monoisotopic (exact) mass is 446 g/mol. The van der Waals surface area contributed by atoms with Crippen molar-refractivity contribution in [1.29, 1.82) is 0 Å². The van der Waals surface area contributed by atoms with Gasteiger partial charge < -0.3 is 10.6 Å². The first kappa shape index (κ1) is 21.5. The Morgan fingerprint density at radius 2 is 1.76 bits per heavy atom. The largest absolute Gasteiger partial charge is 0.315 e. The Morgan fingerprint density at radius 3 is 2.55 bits per heavy atom. The van der Waals surface area contributed by atoms with Gasteiger partial charge in [-0.05, 0) is 42.5 Å². The number of hydrogen-bond acceptors (Lipinski definition) is 6. The van der Waals surface area contributed by atoms with Crippen LogP contribution in [0, 0.1) is 5.92 Å². The zero-order valence-corrected chi connectivity index (χ0v) is 18.2. The fourth-order valence-corrected chi connectivity index (χ4v) is 5.08. The zero-order valence-electron chi connectivity index (χ0n) is 18.2. The molecule has 0 saturated carbocycles. The number of nitrogens with zero attached hydrogens (tertiary/aromatic N) is 1. The van der Waals surface area contributed by atoms with E-state index in [1.54, 1.807) is 12.1 Å². The highest BCUT2D eigenvalue weighted by atomic mass is 16.2. The molecule has 2 aromatic carbocycles. The minimum Gasteiger partial charge on any atom is -0.315 e. The lowest BCUT2D eigenvalue weighted by Gasteiger charge is -2.27. The van der Waals surface area contributed by atoms with Gasteiger partial charge in [-0.3, -0.25) is 29.4 Å². The van der Waals surface area contributed by atoms with Gasteiger partial charge in [0.1, 0.15) is 6.04 Å². The van der Waals surface area contributed by atoms with Crippen LogP contribution in [-0.4, -0.2) is 53.7 Å². The molecule has 0 aliphatic carbocycles. The summed E-state index contributed by atoms with van der Waals surface area (Å²) >= 11 is 0. The van der Waals surface area contributed by atoms with Gasteiger partial charge >= 0.3 is 0 Å². The van der Waals surface area contributed by atoms with Crippen molar-refractivity contribution in [2.45, 2.75) is 37.9 Å². The van der Waals surface area contributed by atoms with Crippen molar-refractivity contribution in [1.82, 2.24) is 20.9 Å². The maximum Gasteiger partial charge on any atom is 0.262 e. The van der Waals surface area contributed by atoms with Gasteiger partial charge in [0.2, 0.25) is 11.8 Å². The van der Waals surface area contributed by atoms with Crippen LogP contribution in [0.4, 0.5) is 0 Å². The van der Waals surface area contributed by atoms with Gasteiger partial charge in [-0.15, -0.1) is 0 Å². The molecule has 0 spiro atoms. The van der Waals surface area contributed by atoms with Crippen LogP contribution >= 0.6 is 0 Å². The molecule has 2 aromatic rings. The number of fused-ring (bicyclic) bond motifs is 1. The van der Waals surface area contributed by atoms with Crippen molar-refractivity contribution in [2.75, 3.05) is 13.1 Å². The number of imide groups is 2. The standard InChI is InChI=1S/C25H26N4O4/c30-21-10-9-20(23(31)28-21)29-24(32)18-8-4-7-16(22(18)25(29)33)13-27-19-14-26-12-17(19)11-15-5-2-1-3-6-15/h1-8,17,19-20,26-27H,9-14H2,(H,28,30,31)/t17-,19+,20?/m0/s1. The van der Waals surface area contributed by atoms with Crippen molar-refractivity contribution in [3.8, 4) is 0 Å². The topological polar surface area (TPSA) is 108 Å². The number of benzene rings is 2. The van der Waals surface area contributed by atoms with E-state index in [0.717, 1.165) is 30.0 Å². The first-order chi connectivity index (χ1) is 16.0. The zero-order chi connectivity index (χ0) is 22.9. The van der Waals surface area contributed by atoms with Gasteiger partial charge in [0.15, 0.2) is 0 Å². The molecule has 3 heterocycles. The Kier molecular flexibility index (Phi) is 5.78. The van der Waals surface area contributed by atoms with Crippen molar-refractivity contribution < 1.29 is 19.2 Å².